The Labute approximate surface area is 130 Å². The highest BCUT2D eigenvalue weighted by Gasteiger charge is 2.16. The van der Waals surface area contributed by atoms with Gasteiger partial charge in [0, 0.05) is 5.02 Å². The fraction of sp³-hybridized carbons (Fsp3) is 0. The maximum Gasteiger partial charge on any atom is 0.232 e. The van der Waals surface area contributed by atoms with E-state index in [1.54, 1.807) is 29.1 Å². The summed E-state index contributed by atoms with van der Waals surface area (Å²) in [5.74, 6) is 0.904. The molecule has 0 amide bonds. The van der Waals surface area contributed by atoms with Gasteiger partial charge in [-0.1, -0.05) is 29.8 Å². The first-order chi connectivity index (χ1) is 10.7. The van der Waals surface area contributed by atoms with Crippen LogP contribution in [-0.4, -0.2) is 14.8 Å². The van der Waals surface area contributed by atoms with Crippen molar-refractivity contribution in [2.75, 3.05) is 5.73 Å². The van der Waals surface area contributed by atoms with Crippen molar-refractivity contribution in [3.8, 4) is 17.1 Å². The molecule has 0 aliphatic heterocycles. The van der Waals surface area contributed by atoms with Gasteiger partial charge < -0.3 is 10.2 Å². The van der Waals surface area contributed by atoms with Gasteiger partial charge in [-0.25, -0.2) is 9.67 Å². The number of hydrogen-bond acceptors (Lipinski definition) is 4. The predicted octanol–water partition coefficient (Wildman–Crippen LogP) is 3.92. The van der Waals surface area contributed by atoms with Crippen LogP contribution in [0.15, 0.2) is 59.1 Å². The zero-order valence-corrected chi connectivity index (χ0v) is 12.2. The van der Waals surface area contributed by atoms with Gasteiger partial charge in [-0.2, -0.15) is 5.10 Å². The Morgan fingerprint density at radius 2 is 1.91 bits per heavy atom. The molecule has 2 aromatic heterocycles. The third kappa shape index (κ3) is 2.03. The summed E-state index contributed by atoms with van der Waals surface area (Å²) in [4.78, 5) is 4.43. The van der Waals surface area contributed by atoms with Crippen molar-refractivity contribution in [1.82, 2.24) is 14.8 Å². The highest BCUT2D eigenvalue weighted by molar-refractivity contribution is 6.31. The van der Waals surface area contributed by atoms with Gasteiger partial charge in [-0.05, 0) is 30.3 Å². The summed E-state index contributed by atoms with van der Waals surface area (Å²) < 4.78 is 7.39. The lowest BCUT2D eigenvalue weighted by Crippen LogP contribution is -2.01. The molecule has 6 heteroatoms. The number of rotatable bonds is 2. The number of nitrogens with zero attached hydrogens (tertiary/aromatic N) is 3. The van der Waals surface area contributed by atoms with Crippen molar-refractivity contribution in [2.45, 2.75) is 0 Å². The van der Waals surface area contributed by atoms with E-state index in [1.165, 1.54) is 0 Å². The predicted molar refractivity (Wildman–Crippen MR) is 86.0 cm³/mol. The Morgan fingerprint density at radius 1 is 1.09 bits per heavy atom. The molecule has 2 aromatic carbocycles. The minimum absolute atomic E-state index is 0.428. The molecule has 0 unspecified atom stereocenters. The van der Waals surface area contributed by atoms with Crippen LogP contribution in [0.3, 0.4) is 0 Å². The lowest BCUT2D eigenvalue weighted by Gasteiger charge is -2.03. The Bertz CT molecular complexity index is 959. The van der Waals surface area contributed by atoms with Crippen molar-refractivity contribution >= 4 is 28.5 Å². The van der Waals surface area contributed by atoms with E-state index in [4.69, 9.17) is 21.8 Å². The van der Waals surface area contributed by atoms with E-state index in [9.17, 15) is 0 Å². The van der Waals surface area contributed by atoms with Gasteiger partial charge in [0.25, 0.3) is 0 Å². The second-order valence-electron chi connectivity index (χ2n) is 4.82. The molecule has 0 bridgehead atoms. The van der Waals surface area contributed by atoms with Crippen LogP contribution in [0.4, 0.5) is 5.82 Å². The minimum Gasteiger partial charge on any atom is -0.436 e. The molecule has 5 nitrogen and oxygen atoms in total. The largest absolute Gasteiger partial charge is 0.436 e. The van der Waals surface area contributed by atoms with Gasteiger partial charge in [-0.15, -0.1) is 0 Å². The smallest absolute Gasteiger partial charge is 0.232 e. The van der Waals surface area contributed by atoms with E-state index in [0.717, 1.165) is 5.69 Å². The quantitative estimate of drug-likeness (QED) is 0.609. The van der Waals surface area contributed by atoms with Crippen molar-refractivity contribution in [3.05, 3.63) is 59.8 Å². The van der Waals surface area contributed by atoms with Crippen molar-refractivity contribution in [1.29, 1.82) is 0 Å². The van der Waals surface area contributed by atoms with Crippen molar-refractivity contribution in [2.24, 2.45) is 0 Å². The molecule has 0 saturated carbocycles. The highest BCUT2D eigenvalue weighted by atomic mass is 35.5. The van der Waals surface area contributed by atoms with Crippen LogP contribution < -0.4 is 5.73 Å². The fourth-order valence-electron chi connectivity index (χ4n) is 2.31. The van der Waals surface area contributed by atoms with E-state index >= 15 is 0 Å². The highest BCUT2D eigenvalue weighted by Crippen LogP contribution is 2.30. The van der Waals surface area contributed by atoms with Gasteiger partial charge in [0.2, 0.25) is 5.89 Å². The Hall–Kier alpha value is -2.79. The maximum absolute atomic E-state index is 6.19. The monoisotopic (exact) mass is 310 g/mol. The van der Waals surface area contributed by atoms with Crippen LogP contribution in [0.1, 0.15) is 0 Å². The zero-order chi connectivity index (χ0) is 15.1. The van der Waals surface area contributed by atoms with Gasteiger partial charge in [0.05, 0.1) is 17.4 Å². The molecule has 0 spiro atoms. The van der Waals surface area contributed by atoms with Crippen LogP contribution in [0.25, 0.3) is 28.2 Å². The molecule has 108 valence electrons. The Morgan fingerprint density at radius 3 is 2.73 bits per heavy atom. The summed E-state index contributed by atoms with van der Waals surface area (Å²) in [6, 6.07) is 14.9. The average Bonchev–Trinajstić information content (AvgIpc) is 3.10. The number of oxazole rings is 1. The molecule has 0 aliphatic carbocycles. The number of benzene rings is 2. The van der Waals surface area contributed by atoms with Gasteiger partial charge >= 0.3 is 0 Å². The van der Waals surface area contributed by atoms with Crippen LogP contribution in [0, 0.1) is 0 Å². The molecule has 0 aliphatic rings. The van der Waals surface area contributed by atoms with Gasteiger partial charge in [0.15, 0.2) is 5.58 Å². The summed E-state index contributed by atoms with van der Waals surface area (Å²) in [6.07, 6.45) is 1.65. The second kappa shape index (κ2) is 4.89. The third-order valence-corrected chi connectivity index (χ3v) is 3.62. The lowest BCUT2D eigenvalue weighted by molar-refractivity contribution is 0.620. The van der Waals surface area contributed by atoms with E-state index < -0.39 is 0 Å². The first-order valence-corrected chi connectivity index (χ1v) is 7.05. The van der Waals surface area contributed by atoms with Gasteiger partial charge in [0.1, 0.15) is 11.3 Å². The van der Waals surface area contributed by atoms with Crippen molar-refractivity contribution < 1.29 is 4.42 Å². The molecule has 0 fully saturated rings. The Balaban J connectivity index is 1.84. The topological polar surface area (TPSA) is 69.9 Å². The standard InChI is InChI=1S/C16H11ClN4O/c17-10-6-7-14-13(8-10)20-16(22-14)12-9-19-21(15(12)18)11-4-2-1-3-5-11/h1-9H,18H2. The SMILES string of the molecule is Nc1c(-c2nc3cc(Cl)ccc3o2)cnn1-c1ccccc1. The second-order valence-corrected chi connectivity index (χ2v) is 5.26. The summed E-state index contributed by atoms with van der Waals surface area (Å²) in [5.41, 5.74) is 9.07. The lowest BCUT2D eigenvalue weighted by atomic mass is 10.3. The molecular weight excluding hydrogens is 300 g/mol. The number of hydrogen-bond donors (Lipinski definition) is 1. The molecule has 0 saturated heterocycles. The van der Waals surface area contributed by atoms with Crippen LogP contribution >= 0.6 is 11.6 Å². The molecule has 0 radical (unpaired) electrons. The summed E-state index contributed by atoms with van der Waals surface area (Å²) in [5, 5.41) is 4.93. The fourth-order valence-corrected chi connectivity index (χ4v) is 2.48. The number of anilines is 1. The first-order valence-electron chi connectivity index (χ1n) is 6.68. The summed E-state index contributed by atoms with van der Waals surface area (Å²) in [7, 11) is 0. The summed E-state index contributed by atoms with van der Waals surface area (Å²) >= 11 is 5.97. The Kier molecular flexibility index (Phi) is 2.87. The number of halogens is 1. The van der Waals surface area contributed by atoms with E-state index in [-0.39, 0.29) is 0 Å². The zero-order valence-electron chi connectivity index (χ0n) is 11.4. The average molecular weight is 311 g/mol. The van der Waals surface area contributed by atoms with Crippen LogP contribution in [0.5, 0.6) is 0 Å². The number of nitrogen functional groups attached to an aromatic ring is 1. The molecule has 2 heterocycles. The van der Waals surface area contributed by atoms with E-state index in [2.05, 4.69) is 10.1 Å². The number of para-hydroxylation sites is 1. The van der Waals surface area contributed by atoms with Crippen LogP contribution in [0.2, 0.25) is 5.02 Å². The maximum atomic E-state index is 6.19. The molecule has 4 aromatic rings. The minimum atomic E-state index is 0.428. The molecule has 0 atom stereocenters. The first kappa shape index (κ1) is 12.9. The molecule has 2 N–H and O–H groups in total. The van der Waals surface area contributed by atoms with E-state index in [0.29, 0.717) is 33.4 Å². The molecular formula is C16H11ClN4O. The third-order valence-electron chi connectivity index (χ3n) is 3.39. The van der Waals surface area contributed by atoms with E-state index in [1.807, 2.05) is 30.3 Å². The van der Waals surface area contributed by atoms with Gasteiger partial charge in [-0.3, -0.25) is 0 Å². The number of nitrogens with two attached hydrogens (primary N) is 1. The number of fused-ring (bicyclic) bond motifs is 1. The normalized spacial score (nSPS) is 11.1. The number of aromatic nitrogens is 3. The van der Waals surface area contributed by atoms with Crippen LogP contribution in [-0.2, 0) is 0 Å². The summed E-state index contributed by atoms with van der Waals surface area (Å²) in [6.45, 7) is 0. The van der Waals surface area contributed by atoms with Crippen molar-refractivity contribution in [3.63, 3.8) is 0 Å². The molecule has 4 rings (SSSR count). The molecule has 22 heavy (non-hydrogen) atoms.